The number of hydrogen-bond acceptors (Lipinski definition) is 4. The van der Waals surface area contributed by atoms with Gasteiger partial charge in [0.25, 0.3) is 0 Å². The van der Waals surface area contributed by atoms with Crippen molar-refractivity contribution in [2.75, 3.05) is 0 Å². The van der Waals surface area contributed by atoms with Gasteiger partial charge in [-0.25, -0.2) is 0 Å². The van der Waals surface area contributed by atoms with Crippen LogP contribution >= 0.6 is 22.7 Å². The molecule has 14 heteroatoms. The third-order valence-electron chi connectivity index (χ3n) is 16.9. The minimum absolute atomic E-state index is 0.0327. The van der Waals surface area contributed by atoms with Crippen LogP contribution in [-0.4, -0.2) is 18.3 Å². The molecule has 0 radical (unpaired) electrons. The van der Waals surface area contributed by atoms with E-state index in [-0.39, 0.29) is 33.3 Å². The van der Waals surface area contributed by atoms with Gasteiger partial charge < -0.3 is 18.3 Å². The van der Waals surface area contributed by atoms with Crippen LogP contribution in [0.25, 0.3) is 150 Å². The van der Waals surface area contributed by atoms with Gasteiger partial charge in [-0.2, -0.15) is 36.9 Å². The van der Waals surface area contributed by atoms with Crippen LogP contribution in [-0.2, 0) is 12.4 Å². The van der Waals surface area contributed by atoms with E-state index >= 15 is 0 Å². The first-order valence-electron chi connectivity index (χ1n) is 26.8. The summed E-state index contributed by atoms with van der Waals surface area (Å²) in [5, 5.41) is 34.4. The molecule has 0 bridgehead atoms. The molecule has 6 aromatic heterocycles. The number of nitrogens with zero attached hydrogens (tertiary/aromatic N) is 6. The van der Waals surface area contributed by atoms with Gasteiger partial charge >= 0.3 is 12.4 Å². The number of para-hydroxylation sites is 4. The van der Waals surface area contributed by atoms with Gasteiger partial charge in [-0.15, -0.1) is 22.7 Å². The molecule has 0 fully saturated rings. The van der Waals surface area contributed by atoms with E-state index in [9.17, 15) is 36.9 Å². The number of fused-ring (bicyclic) bond motifs is 18. The molecule has 11 aromatic carbocycles. The molecule has 0 saturated heterocycles. The monoisotopic (exact) mass is 1140 g/mol. The summed E-state index contributed by atoms with van der Waals surface area (Å²) < 4.78 is 101. The van der Waals surface area contributed by atoms with Crippen LogP contribution in [0.15, 0.2) is 206 Å². The second kappa shape index (κ2) is 17.1. The van der Waals surface area contributed by atoms with E-state index in [1.807, 2.05) is 72.8 Å². The Balaban J connectivity index is 1.17. The summed E-state index contributed by atoms with van der Waals surface area (Å²) in [4.78, 5) is 0. The number of halogens is 6. The van der Waals surface area contributed by atoms with Crippen LogP contribution in [0.2, 0.25) is 0 Å². The lowest BCUT2D eigenvalue weighted by Crippen LogP contribution is -2.17. The van der Waals surface area contributed by atoms with Gasteiger partial charge in [-0.05, 0) is 97.1 Å². The molecule has 0 atom stereocenters. The zero-order chi connectivity index (χ0) is 56.7. The van der Waals surface area contributed by atoms with Gasteiger partial charge in [0.1, 0.15) is 23.3 Å². The van der Waals surface area contributed by atoms with Gasteiger partial charge in [0.2, 0.25) is 0 Å². The van der Waals surface area contributed by atoms with Crippen molar-refractivity contribution in [1.82, 2.24) is 18.3 Å². The zero-order valence-electron chi connectivity index (χ0n) is 43.4. The standard InChI is InChI=1S/C70H34F6N6S2/c71-69(72,73)37-25-27-57-45(29-37)39-13-1-7-19-53(39)79(57)65-51(35-77)67(81-55-21-9-3-15-41(55)47-33-63-49(31-59(47)81)43-17-5-11-23-61(43)83-63)68(52(36-78)66(65)80-54-20-8-2-14-40(54)46-30-38(70(74,75)76)26-28-58(46)80)82-56-22-10-4-16-42(56)48-34-64-50(32-60(48)82)44-18-6-12-24-62(44)84-64/h1-34H. The average molecular weight is 1140 g/mol. The first-order valence-corrected chi connectivity index (χ1v) is 28.5. The molecular formula is C70H34F6N6S2. The largest absolute Gasteiger partial charge is 0.416 e. The van der Waals surface area contributed by atoms with Gasteiger partial charge in [0, 0.05) is 83.4 Å². The van der Waals surface area contributed by atoms with Crippen molar-refractivity contribution in [3.05, 3.63) is 229 Å². The molecule has 6 heterocycles. The predicted molar refractivity (Wildman–Crippen MR) is 329 cm³/mol. The van der Waals surface area contributed by atoms with Gasteiger partial charge in [-0.3, -0.25) is 0 Å². The van der Waals surface area contributed by atoms with E-state index in [4.69, 9.17) is 0 Å². The summed E-state index contributed by atoms with van der Waals surface area (Å²) in [6.45, 7) is 0. The summed E-state index contributed by atoms with van der Waals surface area (Å²) in [5.74, 6) is 0. The number of benzene rings is 11. The molecule has 0 aliphatic carbocycles. The van der Waals surface area contributed by atoms with Crippen molar-refractivity contribution in [2.45, 2.75) is 12.4 Å². The smallest absolute Gasteiger partial charge is 0.306 e. The summed E-state index contributed by atoms with van der Waals surface area (Å²) in [6, 6.07) is 67.4. The molecule has 17 rings (SSSR count). The highest BCUT2D eigenvalue weighted by molar-refractivity contribution is 7.26. The molecule has 0 unspecified atom stereocenters. The molecule has 0 saturated carbocycles. The highest BCUT2D eigenvalue weighted by Crippen LogP contribution is 2.51. The maximum absolute atomic E-state index is 14.9. The first kappa shape index (κ1) is 48.3. The van der Waals surface area contributed by atoms with Gasteiger partial charge in [0.15, 0.2) is 0 Å². The van der Waals surface area contributed by atoms with E-state index in [0.29, 0.717) is 66.3 Å². The van der Waals surface area contributed by atoms with Crippen LogP contribution in [0.5, 0.6) is 0 Å². The number of aromatic nitrogens is 4. The molecule has 0 spiro atoms. The summed E-state index contributed by atoms with van der Waals surface area (Å²) in [5.41, 5.74) is 3.42. The van der Waals surface area contributed by atoms with Crippen LogP contribution < -0.4 is 0 Å². The van der Waals surface area contributed by atoms with Crippen LogP contribution in [0.1, 0.15) is 22.3 Å². The van der Waals surface area contributed by atoms with E-state index in [1.165, 1.54) is 12.1 Å². The number of alkyl halides is 6. The van der Waals surface area contributed by atoms with E-state index in [1.54, 1.807) is 80.3 Å². The molecule has 17 aromatic rings. The number of thiophene rings is 2. The van der Waals surface area contributed by atoms with E-state index in [0.717, 1.165) is 86.2 Å². The van der Waals surface area contributed by atoms with Crippen LogP contribution in [0.3, 0.4) is 0 Å². The Labute approximate surface area is 478 Å². The highest BCUT2D eigenvalue weighted by atomic mass is 32.1. The maximum atomic E-state index is 14.9. The molecular weight excluding hydrogens is 1100 g/mol. The molecule has 0 aliphatic heterocycles. The van der Waals surface area contributed by atoms with Crippen molar-refractivity contribution in [1.29, 1.82) is 10.5 Å². The Morgan fingerprint density at radius 3 is 0.893 bits per heavy atom. The fourth-order valence-corrected chi connectivity index (χ4v) is 15.7. The quantitative estimate of drug-likeness (QED) is 0.165. The van der Waals surface area contributed by atoms with E-state index < -0.39 is 23.5 Å². The average Bonchev–Trinajstić information content (AvgIpc) is 1.48. The minimum atomic E-state index is -4.72. The third kappa shape index (κ3) is 6.54. The Kier molecular flexibility index (Phi) is 9.84. The Morgan fingerprint density at radius 2 is 0.560 bits per heavy atom. The van der Waals surface area contributed by atoms with Crippen molar-refractivity contribution in [2.24, 2.45) is 0 Å². The number of rotatable bonds is 4. The molecule has 0 amide bonds. The lowest BCUT2D eigenvalue weighted by atomic mass is 9.98. The summed E-state index contributed by atoms with van der Waals surface area (Å²) in [7, 11) is 0. The van der Waals surface area contributed by atoms with Crippen molar-refractivity contribution < 1.29 is 26.3 Å². The Bertz CT molecular complexity index is 5530. The Morgan fingerprint density at radius 1 is 0.274 bits per heavy atom. The Hall–Kier alpha value is -10.4. The number of hydrogen-bond donors (Lipinski definition) is 0. The molecule has 398 valence electrons. The first-order chi connectivity index (χ1) is 40.9. The normalized spacial score (nSPS) is 12.6. The second-order valence-corrected chi connectivity index (χ2v) is 23.3. The zero-order valence-corrected chi connectivity index (χ0v) is 45.0. The maximum Gasteiger partial charge on any atom is 0.416 e. The summed E-state index contributed by atoms with van der Waals surface area (Å²) in [6.07, 6.45) is -9.44. The fourth-order valence-electron chi connectivity index (χ4n) is 13.4. The van der Waals surface area contributed by atoms with E-state index in [2.05, 4.69) is 69.8 Å². The second-order valence-electron chi connectivity index (χ2n) is 21.2. The predicted octanol–water partition coefficient (Wildman–Crippen LogP) is 20.6. The van der Waals surface area contributed by atoms with Crippen molar-refractivity contribution >= 4 is 150 Å². The third-order valence-corrected chi connectivity index (χ3v) is 19.1. The van der Waals surface area contributed by atoms with Crippen molar-refractivity contribution in [3.63, 3.8) is 0 Å². The lowest BCUT2D eigenvalue weighted by Gasteiger charge is -2.27. The SMILES string of the molecule is N#Cc1c(-n2c3ccccc3c3cc(C(F)(F)F)ccc32)c(-n2c3ccccc3c3cc(C(F)(F)F)ccc32)c(C#N)c(-n2c3ccccc3c3cc4sc5ccccc5c4cc32)c1-n1c2ccccc2c2cc3sc4ccccc4c3cc21. The molecule has 84 heavy (non-hydrogen) atoms. The minimum Gasteiger partial charge on any atom is -0.306 e. The highest BCUT2D eigenvalue weighted by Gasteiger charge is 2.37. The molecule has 0 N–H and O–H groups in total. The van der Waals surface area contributed by atoms with Gasteiger partial charge in [-0.1, -0.05) is 109 Å². The van der Waals surface area contributed by atoms with Crippen LogP contribution in [0, 0.1) is 22.7 Å². The fraction of sp³-hybridized carbons (Fsp3) is 0.0286. The summed E-state index contributed by atoms with van der Waals surface area (Å²) >= 11 is 3.35. The van der Waals surface area contributed by atoms with Crippen molar-refractivity contribution in [3.8, 4) is 34.9 Å². The topological polar surface area (TPSA) is 67.3 Å². The number of nitriles is 2. The molecule has 0 aliphatic rings. The molecule has 6 nitrogen and oxygen atoms in total. The van der Waals surface area contributed by atoms with Gasteiger partial charge in [0.05, 0.1) is 78.0 Å². The lowest BCUT2D eigenvalue weighted by molar-refractivity contribution is -0.138. The van der Waals surface area contributed by atoms with Crippen LogP contribution in [0.4, 0.5) is 26.3 Å².